The van der Waals surface area contributed by atoms with E-state index in [0.717, 1.165) is 22.8 Å². The molecule has 1 fully saturated rings. The number of aromatic nitrogens is 4. The summed E-state index contributed by atoms with van der Waals surface area (Å²) < 4.78 is 12.2. The number of carbonyl (C=O) groups excluding carboxylic acids is 1. The summed E-state index contributed by atoms with van der Waals surface area (Å²) in [5.74, 6) is 2.75. The number of methoxy groups -OCH3 is 2. The molecular formula is C22H26N6O3. The van der Waals surface area contributed by atoms with Crippen LogP contribution in [0.4, 0.5) is 5.82 Å². The standard InChI is InChI=1S/C22H26N6O3/c1-15-23-20(14-21(24-15)31-4)27-8-10-28(11-9-27)22(29)19-13-18(25-26(19)2)16-6-5-7-17(12-16)30-3/h5-7,12-14H,8-11H2,1-4H3. The molecule has 0 N–H and O–H groups in total. The number of hydrogen-bond acceptors (Lipinski definition) is 7. The van der Waals surface area contributed by atoms with Crippen molar-refractivity contribution in [2.24, 2.45) is 7.05 Å². The van der Waals surface area contributed by atoms with Gasteiger partial charge in [0.25, 0.3) is 5.91 Å². The molecule has 1 saturated heterocycles. The Morgan fingerprint density at radius 3 is 2.48 bits per heavy atom. The molecule has 1 aliphatic rings. The molecule has 0 spiro atoms. The minimum Gasteiger partial charge on any atom is -0.497 e. The maximum atomic E-state index is 13.2. The normalized spacial score (nSPS) is 13.9. The van der Waals surface area contributed by atoms with E-state index < -0.39 is 0 Å². The van der Waals surface area contributed by atoms with Crippen molar-refractivity contribution in [3.8, 4) is 22.9 Å². The number of piperazine rings is 1. The maximum absolute atomic E-state index is 13.2. The lowest BCUT2D eigenvalue weighted by Gasteiger charge is -2.35. The minimum atomic E-state index is -0.0276. The van der Waals surface area contributed by atoms with Crippen molar-refractivity contribution < 1.29 is 14.3 Å². The van der Waals surface area contributed by atoms with Gasteiger partial charge in [0.05, 0.1) is 19.9 Å². The molecule has 1 amide bonds. The Kier molecular flexibility index (Phi) is 5.75. The van der Waals surface area contributed by atoms with Crippen LogP contribution in [0.5, 0.6) is 11.6 Å². The average Bonchev–Trinajstić information content (AvgIpc) is 3.20. The van der Waals surface area contributed by atoms with E-state index in [1.54, 1.807) is 25.9 Å². The molecule has 3 aromatic rings. The molecule has 1 aliphatic heterocycles. The first kappa shape index (κ1) is 20.6. The summed E-state index contributed by atoms with van der Waals surface area (Å²) in [5, 5.41) is 4.54. The number of anilines is 1. The quantitative estimate of drug-likeness (QED) is 0.623. The summed E-state index contributed by atoms with van der Waals surface area (Å²) in [6.45, 7) is 4.42. The number of ether oxygens (including phenoxy) is 2. The van der Waals surface area contributed by atoms with E-state index in [2.05, 4.69) is 20.0 Å². The molecule has 0 radical (unpaired) electrons. The van der Waals surface area contributed by atoms with Crippen LogP contribution in [-0.4, -0.2) is 71.0 Å². The number of nitrogens with zero attached hydrogens (tertiary/aromatic N) is 6. The van der Waals surface area contributed by atoms with Gasteiger partial charge < -0.3 is 19.3 Å². The highest BCUT2D eigenvalue weighted by atomic mass is 16.5. The number of amides is 1. The van der Waals surface area contributed by atoms with Crippen LogP contribution in [0.25, 0.3) is 11.3 Å². The Hall–Kier alpha value is -3.62. The summed E-state index contributed by atoms with van der Waals surface area (Å²) in [4.78, 5) is 25.9. The van der Waals surface area contributed by atoms with Gasteiger partial charge in [0.2, 0.25) is 5.88 Å². The fourth-order valence-electron chi connectivity index (χ4n) is 3.68. The highest BCUT2D eigenvalue weighted by Gasteiger charge is 2.26. The molecule has 162 valence electrons. The Labute approximate surface area is 181 Å². The van der Waals surface area contributed by atoms with Crippen molar-refractivity contribution in [3.05, 3.63) is 47.9 Å². The lowest BCUT2D eigenvalue weighted by Crippen LogP contribution is -2.49. The van der Waals surface area contributed by atoms with Gasteiger partial charge in [-0.15, -0.1) is 0 Å². The van der Waals surface area contributed by atoms with Gasteiger partial charge in [-0.25, -0.2) is 4.98 Å². The summed E-state index contributed by atoms with van der Waals surface area (Å²) in [6, 6.07) is 11.3. The molecule has 9 nitrogen and oxygen atoms in total. The van der Waals surface area contributed by atoms with E-state index in [-0.39, 0.29) is 5.91 Å². The zero-order valence-electron chi connectivity index (χ0n) is 18.2. The predicted octanol–water partition coefficient (Wildman–Crippen LogP) is 2.17. The fourth-order valence-corrected chi connectivity index (χ4v) is 3.68. The van der Waals surface area contributed by atoms with Crippen LogP contribution in [0.3, 0.4) is 0 Å². The molecule has 3 heterocycles. The first-order chi connectivity index (χ1) is 15.0. The van der Waals surface area contributed by atoms with E-state index in [9.17, 15) is 4.79 Å². The summed E-state index contributed by atoms with van der Waals surface area (Å²) >= 11 is 0. The maximum Gasteiger partial charge on any atom is 0.272 e. The SMILES string of the molecule is COc1cccc(-c2cc(C(=O)N3CCN(c4cc(OC)nc(C)n4)CC3)n(C)n2)c1. The first-order valence-corrected chi connectivity index (χ1v) is 10.1. The van der Waals surface area contributed by atoms with E-state index in [0.29, 0.717) is 43.6 Å². The number of aryl methyl sites for hydroxylation is 2. The first-order valence-electron chi connectivity index (χ1n) is 10.1. The molecule has 4 rings (SSSR count). The van der Waals surface area contributed by atoms with Crippen molar-refractivity contribution >= 4 is 11.7 Å². The fraction of sp³-hybridized carbons (Fsp3) is 0.364. The zero-order chi connectivity index (χ0) is 22.0. The van der Waals surface area contributed by atoms with Crippen molar-refractivity contribution in [3.63, 3.8) is 0 Å². The smallest absolute Gasteiger partial charge is 0.272 e. The highest BCUT2D eigenvalue weighted by Crippen LogP contribution is 2.24. The molecule has 0 unspecified atom stereocenters. The molecule has 9 heteroatoms. The van der Waals surface area contributed by atoms with Gasteiger partial charge in [0, 0.05) is 44.9 Å². The topological polar surface area (TPSA) is 85.6 Å². The van der Waals surface area contributed by atoms with E-state index in [1.165, 1.54) is 0 Å². The molecule has 0 saturated carbocycles. The van der Waals surface area contributed by atoms with Gasteiger partial charge >= 0.3 is 0 Å². The number of rotatable bonds is 5. The third-order valence-corrected chi connectivity index (χ3v) is 5.37. The van der Waals surface area contributed by atoms with Crippen molar-refractivity contribution in [2.75, 3.05) is 45.3 Å². The van der Waals surface area contributed by atoms with Crippen LogP contribution in [0, 0.1) is 6.92 Å². The predicted molar refractivity (Wildman–Crippen MR) is 117 cm³/mol. The van der Waals surface area contributed by atoms with Crippen LogP contribution in [0.15, 0.2) is 36.4 Å². The number of hydrogen-bond donors (Lipinski definition) is 0. The molecule has 2 aromatic heterocycles. The summed E-state index contributed by atoms with van der Waals surface area (Å²) in [6.07, 6.45) is 0. The van der Waals surface area contributed by atoms with Crippen LogP contribution >= 0.6 is 0 Å². The van der Waals surface area contributed by atoms with Crippen LogP contribution in [-0.2, 0) is 7.05 Å². The third kappa shape index (κ3) is 4.30. The van der Waals surface area contributed by atoms with E-state index >= 15 is 0 Å². The van der Waals surface area contributed by atoms with Crippen molar-refractivity contribution in [1.29, 1.82) is 0 Å². The minimum absolute atomic E-state index is 0.0276. The zero-order valence-corrected chi connectivity index (χ0v) is 18.2. The summed E-state index contributed by atoms with van der Waals surface area (Å²) in [5.41, 5.74) is 2.21. The molecule has 0 bridgehead atoms. The van der Waals surface area contributed by atoms with Crippen LogP contribution in [0.2, 0.25) is 0 Å². The van der Waals surface area contributed by atoms with Gasteiger partial charge in [-0.05, 0) is 25.1 Å². The van der Waals surface area contributed by atoms with Gasteiger partial charge in [0.15, 0.2) is 0 Å². The second-order valence-electron chi connectivity index (χ2n) is 7.37. The lowest BCUT2D eigenvalue weighted by molar-refractivity contribution is 0.0735. The highest BCUT2D eigenvalue weighted by molar-refractivity contribution is 5.94. The number of carbonyl (C=O) groups is 1. The van der Waals surface area contributed by atoms with E-state index in [4.69, 9.17) is 9.47 Å². The van der Waals surface area contributed by atoms with E-state index in [1.807, 2.05) is 48.2 Å². The molecule has 31 heavy (non-hydrogen) atoms. The second-order valence-corrected chi connectivity index (χ2v) is 7.37. The molecule has 1 aromatic carbocycles. The van der Waals surface area contributed by atoms with Crippen molar-refractivity contribution in [1.82, 2.24) is 24.6 Å². The summed E-state index contributed by atoms with van der Waals surface area (Å²) in [7, 11) is 5.02. The Bertz CT molecular complexity index is 1090. The van der Waals surface area contributed by atoms with Gasteiger partial charge in [-0.2, -0.15) is 10.1 Å². The van der Waals surface area contributed by atoms with Gasteiger partial charge in [0.1, 0.15) is 23.1 Å². The Morgan fingerprint density at radius 1 is 1.00 bits per heavy atom. The number of benzene rings is 1. The Balaban J connectivity index is 1.47. The van der Waals surface area contributed by atoms with Gasteiger partial charge in [-0.3, -0.25) is 9.48 Å². The molecule has 0 aliphatic carbocycles. The average molecular weight is 422 g/mol. The second kappa shape index (κ2) is 8.63. The van der Waals surface area contributed by atoms with Gasteiger partial charge in [-0.1, -0.05) is 12.1 Å². The Morgan fingerprint density at radius 2 is 1.77 bits per heavy atom. The third-order valence-electron chi connectivity index (χ3n) is 5.37. The van der Waals surface area contributed by atoms with Crippen molar-refractivity contribution in [2.45, 2.75) is 6.92 Å². The van der Waals surface area contributed by atoms with Crippen LogP contribution < -0.4 is 14.4 Å². The van der Waals surface area contributed by atoms with Crippen LogP contribution in [0.1, 0.15) is 16.3 Å². The monoisotopic (exact) mass is 422 g/mol. The largest absolute Gasteiger partial charge is 0.497 e. The molecule has 0 atom stereocenters. The lowest BCUT2D eigenvalue weighted by atomic mass is 10.1. The molecular weight excluding hydrogens is 396 g/mol.